The number of hydrogen-bond acceptors (Lipinski definition) is 6. The minimum atomic E-state index is -0.0405. The number of rotatable bonds is 6. The van der Waals surface area contributed by atoms with E-state index in [9.17, 15) is 9.59 Å². The van der Waals surface area contributed by atoms with Gasteiger partial charge in [0.2, 0.25) is 11.8 Å². The smallest absolute Gasteiger partial charge is 0.248 e. The standard InChI is InChI=1S/C18H29N5O4/c1-4-27-12-17(24)21-7-5-14(6-8-21)18(25)22-9-13(2)23-15(10-22)19-20-16(23)11-26-3/h13-14H,4-12H2,1-3H3/t13-/m0/s1. The monoisotopic (exact) mass is 379 g/mol. The molecule has 0 saturated carbocycles. The molecule has 9 heteroatoms. The predicted molar refractivity (Wildman–Crippen MR) is 96.7 cm³/mol. The molecule has 9 nitrogen and oxygen atoms in total. The lowest BCUT2D eigenvalue weighted by Crippen LogP contribution is -2.47. The number of methoxy groups -OCH3 is 1. The molecule has 27 heavy (non-hydrogen) atoms. The summed E-state index contributed by atoms with van der Waals surface area (Å²) in [5.74, 6) is 1.72. The summed E-state index contributed by atoms with van der Waals surface area (Å²) < 4.78 is 12.4. The number of carbonyl (C=O) groups is 2. The highest BCUT2D eigenvalue weighted by atomic mass is 16.5. The van der Waals surface area contributed by atoms with Crippen molar-refractivity contribution < 1.29 is 19.1 Å². The summed E-state index contributed by atoms with van der Waals surface area (Å²) >= 11 is 0. The summed E-state index contributed by atoms with van der Waals surface area (Å²) in [4.78, 5) is 28.7. The molecule has 1 saturated heterocycles. The van der Waals surface area contributed by atoms with Gasteiger partial charge in [-0.15, -0.1) is 10.2 Å². The number of ether oxygens (including phenoxy) is 2. The molecular formula is C18H29N5O4. The van der Waals surface area contributed by atoms with Crippen LogP contribution in [0, 0.1) is 5.92 Å². The maximum absolute atomic E-state index is 13.0. The highest BCUT2D eigenvalue weighted by Crippen LogP contribution is 2.26. The minimum Gasteiger partial charge on any atom is -0.377 e. The van der Waals surface area contributed by atoms with Gasteiger partial charge in [-0.2, -0.15) is 0 Å². The molecule has 0 radical (unpaired) electrons. The summed E-state index contributed by atoms with van der Waals surface area (Å²) in [7, 11) is 1.64. The molecule has 150 valence electrons. The van der Waals surface area contributed by atoms with Gasteiger partial charge in [0.15, 0.2) is 11.6 Å². The number of fused-ring (bicyclic) bond motifs is 1. The van der Waals surface area contributed by atoms with E-state index in [1.54, 1.807) is 12.0 Å². The molecule has 0 unspecified atom stereocenters. The number of amides is 2. The summed E-state index contributed by atoms with van der Waals surface area (Å²) in [6.07, 6.45) is 1.40. The number of piperidine rings is 1. The van der Waals surface area contributed by atoms with E-state index < -0.39 is 0 Å². The number of carbonyl (C=O) groups excluding carboxylic acids is 2. The Kier molecular flexibility index (Phi) is 6.43. The lowest BCUT2D eigenvalue weighted by molar-refractivity contribution is -0.144. The summed E-state index contributed by atoms with van der Waals surface area (Å²) in [5, 5.41) is 8.43. The van der Waals surface area contributed by atoms with Gasteiger partial charge in [0.1, 0.15) is 13.2 Å². The molecule has 1 atom stereocenters. The summed E-state index contributed by atoms with van der Waals surface area (Å²) in [6.45, 7) is 7.35. The molecule has 0 N–H and O–H groups in total. The zero-order valence-electron chi connectivity index (χ0n) is 16.4. The van der Waals surface area contributed by atoms with Crippen molar-refractivity contribution in [1.82, 2.24) is 24.6 Å². The van der Waals surface area contributed by atoms with Crippen LogP contribution in [-0.4, -0.2) is 76.3 Å². The van der Waals surface area contributed by atoms with E-state index in [1.165, 1.54) is 0 Å². The summed E-state index contributed by atoms with van der Waals surface area (Å²) in [6, 6.07) is 0.116. The van der Waals surface area contributed by atoms with Crippen molar-refractivity contribution in [2.45, 2.75) is 45.9 Å². The zero-order chi connectivity index (χ0) is 19.4. The second-order valence-electron chi connectivity index (χ2n) is 7.20. The summed E-state index contributed by atoms with van der Waals surface area (Å²) in [5.41, 5.74) is 0. The van der Waals surface area contributed by atoms with Gasteiger partial charge in [0.05, 0.1) is 12.6 Å². The zero-order valence-corrected chi connectivity index (χ0v) is 16.4. The molecule has 0 aromatic carbocycles. The lowest BCUT2D eigenvalue weighted by atomic mass is 9.94. The average Bonchev–Trinajstić information content (AvgIpc) is 3.09. The van der Waals surface area contributed by atoms with Crippen LogP contribution in [0.25, 0.3) is 0 Å². The van der Waals surface area contributed by atoms with Crippen LogP contribution < -0.4 is 0 Å². The Balaban J connectivity index is 1.57. The second-order valence-corrected chi connectivity index (χ2v) is 7.20. The average molecular weight is 379 g/mol. The van der Waals surface area contributed by atoms with Crippen molar-refractivity contribution in [3.63, 3.8) is 0 Å². The van der Waals surface area contributed by atoms with E-state index >= 15 is 0 Å². The Labute approximate surface area is 159 Å². The van der Waals surface area contributed by atoms with Crippen LogP contribution in [0.5, 0.6) is 0 Å². The third-order valence-corrected chi connectivity index (χ3v) is 5.31. The molecule has 2 aliphatic rings. The van der Waals surface area contributed by atoms with Crippen molar-refractivity contribution in [2.24, 2.45) is 5.92 Å². The van der Waals surface area contributed by atoms with E-state index in [1.807, 2.05) is 11.8 Å². The van der Waals surface area contributed by atoms with Crippen LogP contribution in [0.2, 0.25) is 0 Å². The fraction of sp³-hybridized carbons (Fsp3) is 0.778. The van der Waals surface area contributed by atoms with Crippen LogP contribution in [0.15, 0.2) is 0 Å². The van der Waals surface area contributed by atoms with Crippen molar-refractivity contribution in [3.05, 3.63) is 11.6 Å². The van der Waals surface area contributed by atoms with Crippen LogP contribution in [-0.2, 0) is 32.2 Å². The normalized spacial score (nSPS) is 20.6. The molecule has 0 aliphatic carbocycles. The first-order valence-corrected chi connectivity index (χ1v) is 9.61. The van der Waals surface area contributed by atoms with Gasteiger partial charge in [-0.25, -0.2) is 0 Å². The number of nitrogens with zero attached hydrogens (tertiary/aromatic N) is 5. The van der Waals surface area contributed by atoms with Gasteiger partial charge in [0.25, 0.3) is 0 Å². The molecule has 1 fully saturated rings. The third kappa shape index (κ3) is 4.30. The maximum Gasteiger partial charge on any atom is 0.248 e. The van der Waals surface area contributed by atoms with Crippen molar-refractivity contribution in [2.75, 3.05) is 40.0 Å². The van der Waals surface area contributed by atoms with Gasteiger partial charge < -0.3 is 23.8 Å². The Morgan fingerprint density at radius 3 is 2.59 bits per heavy atom. The van der Waals surface area contributed by atoms with Gasteiger partial charge in [0, 0.05) is 39.3 Å². The van der Waals surface area contributed by atoms with Gasteiger partial charge in [-0.1, -0.05) is 0 Å². The van der Waals surface area contributed by atoms with Gasteiger partial charge >= 0.3 is 0 Å². The third-order valence-electron chi connectivity index (χ3n) is 5.31. The minimum absolute atomic E-state index is 0.00752. The van der Waals surface area contributed by atoms with E-state index in [4.69, 9.17) is 9.47 Å². The first kappa shape index (κ1) is 19.8. The van der Waals surface area contributed by atoms with Crippen LogP contribution in [0.4, 0.5) is 0 Å². The first-order chi connectivity index (χ1) is 13.0. The highest BCUT2D eigenvalue weighted by molar-refractivity contribution is 5.80. The van der Waals surface area contributed by atoms with Gasteiger partial charge in [-0.05, 0) is 26.7 Å². The second kappa shape index (κ2) is 8.79. The number of likely N-dealkylation sites (tertiary alicyclic amines) is 1. The van der Waals surface area contributed by atoms with Crippen LogP contribution >= 0.6 is 0 Å². The van der Waals surface area contributed by atoms with E-state index in [0.717, 1.165) is 11.6 Å². The Morgan fingerprint density at radius 1 is 1.19 bits per heavy atom. The number of hydrogen-bond donors (Lipinski definition) is 0. The Morgan fingerprint density at radius 2 is 1.93 bits per heavy atom. The van der Waals surface area contributed by atoms with Crippen molar-refractivity contribution in [3.8, 4) is 0 Å². The molecule has 3 heterocycles. The fourth-order valence-corrected chi connectivity index (χ4v) is 3.92. The van der Waals surface area contributed by atoms with Gasteiger partial charge in [-0.3, -0.25) is 9.59 Å². The maximum atomic E-state index is 13.0. The SMILES string of the molecule is CCOCC(=O)N1CCC(C(=O)N2Cc3nnc(COC)n3[C@@H](C)C2)CC1. The Hall–Kier alpha value is -2.00. The lowest BCUT2D eigenvalue weighted by Gasteiger charge is -2.37. The van der Waals surface area contributed by atoms with E-state index in [-0.39, 0.29) is 30.4 Å². The number of aromatic nitrogens is 3. The van der Waals surface area contributed by atoms with E-state index in [2.05, 4.69) is 21.7 Å². The molecule has 3 rings (SSSR count). The van der Waals surface area contributed by atoms with Crippen molar-refractivity contribution in [1.29, 1.82) is 0 Å². The first-order valence-electron chi connectivity index (χ1n) is 9.61. The molecule has 2 aliphatic heterocycles. The molecule has 0 bridgehead atoms. The predicted octanol–water partition coefficient (Wildman–Crippen LogP) is 0.603. The molecule has 1 aromatic rings. The quantitative estimate of drug-likeness (QED) is 0.719. The largest absolute Gasteiger partial charge is 0.377 e. The van der Waals surface area contributed by atoms with Crippen LogP contribution in [0.3, 0.4) is 0 Å². The highest BCUT2D eigenvalue weighted by Gasteiger charge is 2.34. The topological polar surface area (TPSA) is 89.8 Å². The fourth-order valence-electron chi connectivity index (χ4n) is 3.92. The van der Waals surface area contributed by atoms with E-state index in [0.29, 0.717) is 52.2 Å². The van der Waals surface area contributed by atoms with Crippen molar-refractivity contribution >= 4 is 11.8 Å². The molecule has 0 spiro atoms. The molecule has 2 amide bonds. The molecular weight excluding hydrogens is 350 g/mol. The van der Waals surface area contributed by atoms with Crippen LogP contribution in [0.1, 0.15) is 44.4 Å². The Bertz CT molecular complexity index is 669. The molecule has 1 aromatic heterocycles.